The van der Waals surface area contributed by atoms with E-state index in [4.69, 9.17) is 4.74 Å². The second kappa shape index (κ2) is 10.6. The summed E-state index contributed by atoms with van der Waals surface area (Å²) in [6, 6.07) is 18.0. The van der Waals surface area contributed by atoms with Crippen molar-refractivity contribution in [2.45, 2.75) is 42.8 Å². The fourth-order valence-electron chi connectivity index (χ4n) is 4.40. The first-order valence-corrected chi connectivity index (χ1v) is 12.7. The van der Waals surface area contributed by atoms with E-state index in [0.29, 0.717) is 26.1 Å². The quantitative estimate of drug-likeness (QED) is 0.690. The molecule has 2 fully saturated rings. The van der Waals surface area contributed by atoms with Gasteiger partial charge in [0.25, 0.3) is 0 Å². The van der Waals surface area contributed by atoms with E-state index in [1.54, 1.807) is 30.3 Å². The third-order valence-electron chi connectivity index (χ3n) is 6.08. The molecule has 2 aromatic rings. The van der Waals surface area contributed by atoms with Crippen LogP contribution in [0.5, 0.6) is 0 Å². The maximum Gasteiger partial charge on any atom is 0.243 e. The van der Waals surface area contributed by atoms with Gasteiger partial charge in [0.15, 0.2) is 0 Å². The molecule has 2 aromatic carbocycles. The Hall–Kier alpha value is -2.26. The second-order valence-corrected chi connectivity index (χ2v) is 10.3. The number of amides is 1. The number of benzene rings is 2. The van der Waals surface area contributed by atoms with Crippen LogP contribution in [0.2, 0.25) is 0 Å². The highest BCUT2D eigenvalue weighted by Gasteiger charge is 2.37. The zero-order chi connectivity index (χ0) is 22.4. The minimum atomic E-state index is -3.71. The zero-order valence-electron chi connectivity index (χ0n) is 18.2. The van der Waals surface area contributed by atoms with Gasteiger partial charge in [0.2, 0.25) is 15.9 Å². The van der Waals surface area contributed by atoms with Gasteiger partial charge in [-0.25, -0.2) is 8.42 Å². The van der Waals surface area contributed by atoms with E-state index < -0.39 is 16.1 Å². The number of rotatable bonds is 7. The van der Waals surface area contributed by atoms with Crippen molar-refractivity contribution in [3.63, 3.8) is 0 Å². The van der Waals surface area contributed by atoms with E-state index in [0.717, 1.165) is 32.5 Å². The first-order chi connectivity index (χ1) is 15.5. The average molecular weight is 458 g/mol. The minimum absolute atomic E-state index is 0.112. The summed E-state index contributed by atoms with van der Waals surface area (Å²) < 4.78 is 33.5. The van der Waals surface area contributed by atoms with Crippen LogP contribution >= 0.6 is 0 Å². The van der Waals surface area contributed by atoms with Crippen molar-refractivity contribution < 1.29 is 17.9 Å². The van der Waals surface area contributed by atoms with Gasteiger partial charge in [-0.3, -0.25) is 9.69 Å². The fourth-order valence-corrected chi connectivity index (χ4v) is 6.08. The lowest BCUT2D eigenvalue weighted by molar-refractivity contribution is -0.127. The number of carbonyl (C=O) groups excluding carboxylic acids is 1. The Morgan fingerprint density at radius 1 is 1.00 bits per heavy atom. The number of ether oxygens (including phenoxy) is 1. The molecule has 4 rings (SSSR count). The first-order valence-electron chi connectivity index (χ1n) is 11.3. The molecule has 2 atom stereocenters. The molecule has 172 valence electrons. The lowest BCUT2D eigenvalue weighted by Gasteiger charge is -2.35. The van der Waals surface area contributed by atoms with Crippen LogP contribution in [0.1, 0.15) is 24.8 Å². The second-order valence-electron chi connectivity index (χ2n) is 8.40. The number of carbonyl (C=O) groups is 1. The molecule has 32 heavy (non-hydrogen) atoms. The summed E-state index contributed by atoms with van der Waals surface area (Å²) in [4.78, 5) is 15.6. The van der Waals surface area contributed by atoms with Gasteiger partial charge in [-0.05, 0) is 30.5 Å². The van der Waals surface area contributed by atoms with E-state index in [1.807, 2.05) is 18.2 Å². The molecule has 0 spiro atoms. The summed E-state index contributed by atoms with van der Waals surface area (Å²) in [6.45, 7) is 3.78. The molecule has 1 amide bonds. The molecular weight excluding hydrogens is 426 g/mol. The van der Waals surface area contributed by atoms with Crippen molar-refractivity contribution >= 4 is 15.9 Å². The predicted octanol–water partition coefficient (Wildman–Crippen LogP) is 2.25. The maximum absolute atomic E-state index is 13.1. The van der Waals surface area contributed by atoms with Gasteiger partial charge in [0, 0.05) is 32.7 Å². The van der Waals surface area contributed by atoms with Crippen LogP contribution in [0.3, 0.4) is 0 Å². The molecule has 2 heterocycles. The largest absolute Gasteiger partial charge is 0.374 e. The summed E-state index contributed by atoms with van der Waals surface area (Å²) >= 11 is 0. The third-order valence-corrected chi connectivity index (χ3v) is 8.00. The molecule has 2 aliphatic rings. The highest BCUT2D eigenvalue weighted by molar-refractivity contribution is 7.89. The number of piperidine rings is 1. The van der Waals surface area contributed by atoms with E-state index in [1.165, 1.54) is 9.87 Å². The summed E-state index contributed by atoms with van der Waals surface area (Å²) in [7, 11) is -3.71. The Morgan fingerprint density at radius 3 is 2.47 bits per heavy atom. The van der Waals surface area contributed by atoms with Crippen LogP contribution in [0, 0.1) is 0 Å². The first kappa shape index (κ1) is 22.9. The lowest BCUT2D eigenvalue weighted by atomic mass is 10.0. The Morgan fingerprint density at radius 2 is 1.72 bits per heavy atom. The van der Waals surface area contributed by atoms with E-state index in [9.17, 15) is 13.2 Å². The molecule has 7 nitrogen and oxygen atoms in total. The number of hydrogen-bond donors (Lipinski definition) is 1. The van der Waals surface area contributed by atoms with Gasteiger partial charge in [-0.1, -0.05) is 55.0 Å². The van der Waals surface area contributed by atoms with Gasteiger partial charge in [-0.2, -0.15) is 4.31 Å². The minimum Gasteiger partial charge on any atom is -0.374 e. The zero-order valence-corrected chi connectivity index (χ0v) is 19.0. The van der Waals surface area contributed by atoms with Gasteiger partial charge in [0.05, 0.1) is 17.6 Å². The van der Waals surface area contributed by atoms with Crippen LogP contribution in [0.4, 0.5) is 0 Å². The third kappa shape index (κ3) is 5.56. The Labute approximate surface area is 190 Å². The molecular formula is C24H31N3O4S. The molecule has 2 aliphatic heterocycles. The summed E-state index contributed by atoms with van der Waals surface area (Å²) in [5.41, 5.74) is 1.25. The maximum atomic E-state index is 13.1. The Kier molecular flexibility index (Phi) is 7.57. The van der Waals surface area contributed by atoms with Crippen LogP contribution in [-0.4, -0.2) is 68.5 Å². The Bertz CT molecular complexity index is 985. The average Bonchev–Trinajstić information content (AvgIpc) is 2.84. The van der Waals surface area contributed by atoms with Crippen molar-refractivity contribution in [3.05, 3.63) is 66.2 Å². The molecule has 0 aliphatic carbocycles. The predicted molar refractivity (Wildman–Crippen MR) is 122 cm³/mol. The van der Waals surface area contributed by atoms with Crippen molar-refractivity contribution in [3.8, 4) is 0 Å². The SMILES string of the molecule is O=C(NCC1CN(Cc2ccccc2)CCO1)C1CCCCN1S(=O)(=O)c1ccccc1. The van der Waals surface area contributed by atoms with Crippen molar-refractivity contribution in [2.24, 2.45) is 0 Å². The molecule has 8 heteroatoms. The fraction of sp³-hybridized carbons (Fsp3) is 0.458. The molecule has 0 saturated carbocycles. The summed E-state index contributed by atoms with van der Waals surface area (Å²) in [5.74, 6) is -0.243. The standard InChI is InChI=1S/C24H31N3O4S/c28-24(23-13-7-8-14-27(23)32(29,30)22-11-5-2-6-12-22)25-17-21-19-26(15-16-31-21)18-20-9-3-1-4-10-20/h1-6,9-12,21,23H,7-8,13-19H2,(H,25,28). The number of morpholine rings is 1. The smallest absolute Gasteiger partial charge is 0.243 e. The molecule has 0 radical (unpaired) electrons. The van der Waals surface area contributed by atoms with Crippen LogP contribution in [-0.2, 0) is 26.1 Å². The molecule has 0 bridgehead atoms. The number of nitrogens with one attached hydrogen (secondary N) is 1. The van der Waals surface area contributed by atoms with Crippen LogP contribution < -0.4 is 5.32 Å². The van der Waals surface area contributed by atoms with Crippen molar-refractivity contribution in [1.82, 2.24) is 14.5 Å². The highest BCUT2D eigenvalue weighted by Crippen LogP contribution is 2.25. The van der Waals surface area contributed by atoms with E-state index in [-0.39, 0.29) is 16.9 Å². The van der Waals surface area contributed by atoms with Crippen molar-refractivity contribution in [1.29, 1.82) is 0 Å². The van der Waals surface area contributed by atoms with E-state index in [2.05, 4.69) is 22.3 Å². The number of sulfonamides is 1. The number of nitrogens with zero attached hydrogens (tertiary/aromatic N) is 2. The summed E-state index contributed by atoms with van der Waals surface area (Å²) in [5, 5.41) is 2.96. The normalized spacial score (nSPS) is 23.0. The monoisotopic (exact) mass is 457 g/mol. The van der Waals surface area contributed by atoms with Gasteiger partial charge in [-0.15, -0.1) is 0 Å². The van der Waals surface area contributed by atoms with Crippen LogP contribution in [0.25, 0.3) is 0 Å². The Balaban J connectivity index is 1.35. The topological polar surface area (TPSA) is 79.0 Å². The van der Waals surface area contributed by atoms with Crippen LogP contribution in [0.15, 0.2) is 65.6 Å². The number of hydrogen-bond acceptors (Lipinski definition) is 5. The molecule has 2 unspecified atom stereocenters. The highest BCUT2D eigenvalue weighted by atomic mass is 32.2. The van der Waals surface area contributed by atoms with Gasteiger partial charge >= 0.3 is 0 Å². The lowest BCUT2D eigenvalue weighted by Crippen LogP contribution is -2.54. The van der Waals surface area contributed by atoms with Gasteiger partial charge in [0.1, 0.15) is 6.04 Å². The molecule has 2 saturated heterocycles. The molecule has 0 aromatic heterocycles. The van der Waals surface area contributed by atoms with Crippen molar-refractivity contribution in [2.75, 3.05) is 32.8 Å². The summed E-state index contributed by atoms with van der Waals surface area (Å²) in [6.07, 6.45) is 2.02. The van der Waals surface area contributed by atoms with Gasteiger partial charge < -0.3 is 10.1 Å². The molecule has 1 N–H and O–H groups in total. The van der Waals surface area contributed by atoms with E-state index >= 15 is 0 Å².